The summed E-state index contributed by atoms with van der Waals surface area (Å²) in [5, 5.41) is 12.5. The van der Waals surface area contributed by atoms with Crippen molar-refractivity contribution >= 4 is 68.1 Å². The highest BCUT2D eigenvalue weighted by atomic mass is 32.1. The number of esters is 2. The molecule has 0 atom stereocenters. The summed E-state index contributed by atoms with van der Waals surface area (Å²) in [6, 6.07) is 14.3. The van der Waals surface area contributed by atoms with Gasteiger partial charge in [0.15, 0.2) is 0 Å². The van der Waals surface area contributed by atoms with Crippen LogP contribution in [0.1, 0.15) is 92.3 Å². The maximum Gasteiger partial charge on any atom is 0.341 e. The number of carbonyl (C=O) groups excluding carboxylic acids is 4. The van der Waals surface area contributed by atoms with Crippen LogP contribution in [0.3, 0.4) is 0 Å². The van der Waals surface area contributed by atoms with Crippen LogP contribution in [-0.4, -0.2) is 37.2 Å². The van der Waals surface area contributed by atoms with Crippen molar-refractivity contribution in [3.63, 3.8) is 0 Å². The standard InChI is InChI=1S/C37H40N4O6S2/c1-3-46-34(42)30-26-9-5-7-11-28(26)48-32(30)40-36(44)38-24-17-13-22(14-18-24)21-23-15-19-25(20-16-23)39-37(45)41-33-31(35(43)47-4-2)27-10-6-8-12-29(27)49-33/h13-20H,3-12,21H2,1-2H3,(H2,38,40,44)(H2,39,41,45). The van der Waals surface area contributed by atoms with Gasteiger partial charge in [0.1, 0.15) is 10.0 Å². The smallest absolute Gasteiger partial charge is 0.341 e. The number of hydrogen-bond donors (Lipinski definition) is 4. The third kappa shape index (κ3) is 8.14. The van der Waals surface area contributed by atoms with E-state index in [-0.39, 0.29) is 13.2 Å². The molecule has 12 heteroatoms. The molecule has 4 aromatic rings. The maximum atomic E-state index is 12.9. The normalized spacial score (nSPS) is 13.4. The summed E-state index contributed by atoms with van der Waals surface area (Å²) in [6.07, 6.45) is 8.28. The zero-order valence-electron chi connectivity index (χ0n) is 27.7. The molecule has 4 N–H and O–H groups in total. The van der Waals surface area contributed by atoms with E-state index in [1.165, 1.54) is 22.7 Å². The second-order valence-electron chi connectivity index (χ2n) is 12.0. The number of amides is 4. The van der Waals surface area contributed by atoms with Crippen molar-refractivity contribution in [3.8, 4) is 0 Å². The first kappa shape index (κ1) is 34.2. The van der Waals surface area contributed by atoms with Crippen molar-refractivity contribution in [2.75, 3.05) is 34.5 Å². The highest BCUT2D eigenvalue weighted by Crippen LogP contribution is 2.40. The van der Waals surface area contributed by atoms with E-state index in [0.717, 1.165) is 83.4 Å². The van der Waals surface area contributed by atoms with Crippen molar-refractivity contribution in [1.29, 1.82) is 0 Å². The van der Waals surface area contributed by atoms with Crippen LogP contribution < -0.4 is 21.3 Å². The summed E-state index contributed by atoms with van der Waals surface area (Å²) < 4.78 is 10.6. The van der Waals surface area contributed by atoms with Gasteiger partial charge >= 0.3 is 24.0 Å². The van der Waals surface area contributed by atoms with Crippen LogP contribution in [0, 0.1) is 0 Å². The summed E-state index contributed by atoms with van der Waals surface area (Å²) in [4.78, 5) is 53.5. The largest absolute Gasteiger partial charge is 0.462 e. The van der Waals surface area contributed by atoms with Crippen molar-refractivity contribution in [2.45, 2.75) is 71.6 Å². The molecule has 10 nitrogen and oxygen atoms in total. The molecule has 4 amide bonds. The highest BCUT2D eigenvalue weighted by Gasteiger charge is 2.28. The molecule has 0 fully saturated rings. The number of thiophene rings is 2. The first-order valence-electron chi connectivity index (χ1n) is 16.8. The zero-order valence-corrected chi connectivity index (χ0v) is 29.3. The zero-order chi connectivity index (χ0) is 34.3. The predicted molar refractivity (Wildman–Crippen MR) is 195 cm³/mol. The number of ether oxygens (including phenoxy) is 2. The van der Waals surface area contributed by atoms with Crippen molar-refractivity contribution in [1.82, 2.24) is 0 Å². The van der Waals surface area contributed by atoms with E-state index >= 15 is 0 Å². The minimum absolute atomic E-state index is 0.275. The average molecular weight is 701 g/mol. The lowest BCUT2D eigenvalue weighted by Crippen LogP contribution is -2.21. The fourth-order valence-corrected chi connectivity index (χ4v) is 8.87. The number of fused-ring (bicyclic) bond motifs is 2. The lowest BCUT2D eigenvalue weighted by Gasteiger charge is -2.12. The summed E-state index contributed by atoms with van der Waals surface area (Å²) in [6.45, 7) is 4.10. The summed E-state index contributed by atoms with van der Waals surface area (Å²) in [5.41, 5.74) is 6.33. The number of hydrogen-bond acceptors (Lipinski definition) is 8. The van der Waals surface area contributed by atoms with E-state index in [0.29, 0.717) is 38.9 Å². The lowest BCUT2D eigenvalue weighted by atomic mass is 9.95. The number of aryl methyl sites for hydroxylation is 2. The van der Waals surface area contributed by atoms with Gasteiger partial charge in [-0.1, -0.05) is 24.3 Å². The third-order valence-corrected chi connectivity index (χ3v) is 11.0. The maximum absolute atomic E-state index is 12.9. The predicted octanol–water partition coefficient (Wildman–Crippen LogP) is 8.80. The van der Waals surface area contributed by atoms with Gasteiger partial charge in [-0.25, -0.2) is 19.2 Å². The number of carbonyl (C=O) groups is 4. The van der Waals surface area contributed by atoms with Gasteiger partial charge in [-0.2, -0.15) is 0 Å². The Hall–Kier alpha value is -4.68. The van der Waals surface area contributed by atoms with Crippen LogP contribution in [0.25, 0.3) is 0 Å². The molecule has 0 radical (unpaired) electrons. The first-order chi connectivity index (χ1) is 23.8. The minimum atomic E-state index is -0.417. The van der Waals surface area contributed by atoms with Crippen molar-refractivity contribution in [3.05, 3.63) is 91.7 Å². The van der Waals surface area contributed by atoms with Gasteiger partial charge in [0.25, 0.3) is 0 Å². The van der Waals surface area contributed by atoms with Crippen LogP contribution in [-0.2, 0) is 41.6 Å². The Morgan fingerprint density at radius 2 is 0.959 bits per heavy atom. The van der Waals surface area contributed by atoms with Crippen molar-refractivity contribution < 1.29 is 28.7 Å². The Balaban J connectivity index is 1.03. The number of nitrogens with one attached hydrogen (secondary N) is 4. The molecule has 2 aliphatic carbocycles. The molecule has 2 aliphatic rings. The summed E-state index contributed by atoms with van der Waals surface area (Å²) in [7, 11) is 0. The Morgan fingerprint density at radius 1 is 0.571 bits per heavy atom. The topological polar surface area (TPSA) is 135 Å². The lowest BCUT2D eigenvalue weighted by molar-refractivity contribution is 0.0517. The fraction of sp³-hybridized carbons (Fsp3) is 0.351. The molecule has 0 saturated carbocycles. The molecule has 2 heterocycles. The third-order valence-electron chi connectivity index (χ3n) is 8.59. The fourth-order valence-electron chi connectivity index (χ4n) is 6.32. The molecule has 2 aromatic heterocycles. The molecule has 0 unspecified atom stereocenters. The van der Waals surface area contributed by atoms with E-state index in [9.17, 15) is 19.2 Å². The van der Waals surface area contributed by atoms with E-state index < -0.39 is 24.0 Å². The number of rotatable bonds is 10. The Kier molecular flexibility index (Phi) is 10.9. The number of benzene rings is 2. The van der Waals surface area contributed by atoms with Gasteiger partial charge in [0, 0.05) is 21.1 Å². The molecule has 0 saturated heterocycles. The molecule has 6 rings (SSSR count). The van der Waals surface area contributed by atoms with E-state index in [1.807, 2.05) is 48.5 Å². The average Bonchev–Trinajstić information content (AvgIpc) is 3.64. The monoisotopic (exact) mass is 700 g/mol. The summed E-state index contributed by atoms with van der Waals surface area (Å²) in [5.74, 6) is -0.788. The molecule has 256 valence electrons. The van der Waals surface area contributed by atoms with Gasteiger partial charge in [-0.3, -0.25) is 10.6 Å². The minimum Gasteiger partial charge on any atom is -0.462 e. The quantitative estimate of drug-likeness (QED) is 0.122. The van der Waals surface area contributed by atoms with Crippen LogP contribution in [0.5, 0.6) is 0 Å². The molecule has 49 heavy (non-hydrogen) atoms. The number of anilines is 4. The van der Waals surface area contributed by atoms with Crippen LogP contribution in [0.2, 0.25) is 0 Å². The first-order valence-corrected chi connectivity index (χ1v) is 18.4. The Morgan fingerprint density at radius 3 is 1.35 bits per heavy atom. The molecular weight excluding hydrogens is 661 g/mol. The molecular formula is C37H40N4O6S2. The van der Waals surface area contributed by atoms with Gasteiger partial charge in [0.2, 0.25) is 0 Å². The number of urea groups is 2. The Labute approximate surface area is 293 Å². The summed E-state index contributed by atoms with van der Waals surface area (Å²) >= 11 is 2.91. The second kappa shape index (κ2) is 15.7. The van der Waals surface area contributed by atoms with E-state index in [2.05, 4.69) is 21.3 Å². The van der Waals surface area contributed by atoms with Crippen molar-refractivity contribution in [2.24, 2.45) is 0 Å². The molecule has 0 spiro atoms. The van der Waals surface area contributed by atoms with Gasteiger partial charge in [0.05, 0.1) is 24.3 Å². The van der Waals surface area contributed by atoms with Gasteiger partial charge < -0.3 is 20.1 Å². The second-order valence-corrected chi connectivity index (χ2v) is 14.2. The highest BCUT2D eigenvalue weighted by molar-refractivity contribution is 7.17. The van der Waals surface area contributed by atoms with Gasteiger partial charge in [-0.05, 0) is 118 Å². The Bertz CT molecular complexity index is 1710. The molecule has 0 aliphatic heterocycles. The van der Waals surface area contributed by atoms with E-state index in [4.69, 9.17) is 9.47 Å². The van der Waals surface area contributed by atoms with Gasteiger partial charge in [-0.15, -0.1) is 22.7 Å². The van der Waals surface area contributed by atoms with Crippen LogP contribution in [0.15, 0.2) is 48.5 Å². The van der Waals surface area contributed by atoms with Crippen LogP contribution >= 0.6 is 22.7 Å². The van der Waals surface area contributed by atoms with Crippen LogP contribution in [0.4, 0.5) is 31.0 Å². The van der Waals surface area contributed by atoms with E-state index in [1.54, 1.807) is 13.8 Å². The molecule has 0 bridgehead atoms. The SMILES string of the molecule is CCOC(=O)c1c(NC(=O)Nc2ccc(Cc3ccc(NC(=O)Nc4sc5c(c4C(=O)OCC)CCCC5)cc3)cc2)sc2c1CCCC2. The molecule has 2 aromatic carbocycles.